The number of hydrogen-bond donors (Lipinski definition) is 0. The van der Waals surface area contributed by atoms with Gasteiger partial charge in [-0.3, -0.25) is 9.69 Å². The van der Waals surface area contributed by atoms with Crippen LogP contribution in [0.3, 0.4) is 0 Å². The topological polar surface area (TPSA) is 63.5 Å². The average Bonchev–Trinajstić information content (AvgIpc) is 3.48. The third-order valence-electron chi connectivity index (χ3n) is 7.51. The zero-order chi connectivity index (χ0) is 20.5. The van der Waals surface area contributed by atoms with Crippen molar-refractivity contribution in [1.82, 2.24) is 24.3 Å². The van der Waals surface area contributed by atoms with Gasteiger partial charge in [0.1, 0.15) is 5.52 Å². The lowest BCUT2D eigenvalue weighted by atomic mass is 9.89. The number of rotatable bonds is 4. The van der Waals surface area contributed by atoms with E-state index in [1.807, 2.05) is 17.3 Å². The van der Waals surface area contributed by atoms with Gasteiger partial charge in [0.25, 0.3) is 5.91 Å². The second-order valence-corrected chi connectivity index (χ2v) is 9.18. The van der Waals surface area contributed by atoms with Gasteiger partial charge in [-0.1, -0.05) is 12.8 Å². The zero-order valence-electron chi connectivity index (χ0n) is 18.0. The van der Waals surface area contributed by atoms with E-state index in [0.29, 0.717) is 23.6 Å². The first-order valence-corrected chi connectivity index (χ1v) is 11.6. The highest BCUT2D eigenvalue weighted by Crippen LogP contribution is 2.32. The molecular formula is C23H33N5O2. The van der Waals surface area contributed by atoms with Gasteiger partial charge in [-0.15, -0.1) is 0 Å². The second kappa shape index (κ2) is 8.63. The fraction of sp³-hybridized carbons (Fsp3) is 0.696. The number of likely N-dealkylation sites (tertiary alicyclic amines) is 1. The van der Waals surface area contributed by atoms with Gasteiger partial charge in [0.15, 0.2) is 5.65 Å². The van der Waals surface area contributed by atoms with Crippen LogP contribution in [0.15, 0.2) is 18.6 Å². The number of piperidine rings is 1. The predicted octanol–water partition coefficient (Wildman–Crippen LogP) is 3.12. The summed E-state index contributed by atoms with van der Waals surface area (Å²) in [4.78, 5) is 26.8. The number of ether oxygens (including phenoxy) is 1. The number of morpholine rings is 1. The molecular weight excluding hydrogens is 378 g/mol. The normalized spacial score (nSPS) is 23.3. The van der Waals surface area contributed by atoms with Crippen LogP contribution in [-0.4, -0.2) is 75.7 Å². The van der Waals surface area contributed by atoms with Crippen molar-refractivity contribution < 1.29 is 9.53 Å². The molecule has 0 aromatic carbocycles. The van der Waals surface area contributed by atoms with Crippen LogP contribution in [0.25, 0.3) is 11.2 Å². The molecule has 3 aliphatic rings. The van der Waals surface area contributed by atoms with Crippen LogP contribution >= 0.6 is 0 Å². The van der Waals surface area contributed by atoms with Crippen molar-refractivity contribution in [3.63, 3.8) is 0 Å². The Bertz CT molecular complexity index is 877. The van der Waals surface area contributed by atoms with Crippen molar-refractivity contribution in [2.75, 3.05) is 39.4 Å². The van der Waals surface area contributed by atoms with Gasteiger partial charge in [0.05, 0.1) is 25.1 Å². The number of carbonyl (C=O) groups is 1. The molecule has 2 saturated heterocycles. The maximum atomic E-state index is 13.1. The molecule has 30 heavy (non-hydrogen) atoms. The van der Waals surface area contributed by atoms with Crippen LogP contribution < -0.4 is 0 Å². The molecule has 162 valence electrons. The first kappa shape index (κ1) is 19.9. The SMILES string of the molecule is CC(C1CCN(C(=O)c2cnc3c(c2)ncn3C2CCCC2)CC1)N1CCOCC1. The maximum Gasteiger partial charge on any atom is 0.255 e. The molecule has 1 atom stereocenters. The number of pyridine rings is 1. The number of carbonyl (C=O) groups excluding carboxylic acids is 1. The van der Waals surface area contributed by atoms with E-state index in [2.05, 4.69) is 26.4 Å². The average molecular weight is 412 g/mol. The minimum atomic E-state index is 0.0947. The molecule has 2 aromatic heterocycles. The third kappa shape index (κ3) is 3.85. The third-order valence-corrected chi connectivity index (χ3v) is 7.51. The predicted molar refractivity (Wildman–Crippen MR) is 116 cm³/mol. The van der Waals surface area contributed by atoms with Gasteiger partial charge in [0, 0.05) is 44.5 Å². The summed E-state index contributed by atoms with van der Waals surface area (Å²) in [6, 6.07) is 3.00. The lowest BCUT2D eigenvalue weighted by Crippen LogP contribution is -2.49. The van der Waals surface area contributed by atoms with Gasteiger partial charge < -0.3 is 14.2 Å². The van der Waals surface area contributed by atoms with Crippen LogP contribution in [0.5, 0.6) is 0 Å². The molecule has 1 aliphatic carbocycles. The molecule has 0 radical (unpaired) electrons. The number of amides is 1. The molecule has 7 heteroatoms. The van der Waals surface area contributed by atoms with E-state index in [1.165, 1.54) is 25.7 Å². The van der Waals surface area contributed by atoms with Crippen molar-refractivity contribution >= 4 is 17.1 Å². The minimum Gasteiger partial charge on any atom is -0.379 e. The standard InChI is InChI=1S/C23H33N5O2/c1-17(26-10-12-30-13-11-26)18-6-8-27(9-7-18)23(29)19-14-21-22(24-15-19)28(16-25-21)20-4-2-3-5-20/h14-18,20H,2-13H2,1H3. The Labute approximate surface area is 178 Å². The van der Waals surface area contributed by atoms with Crippen LogP contribution in [0.2, 0.25) is 0 Å². The molecule has 1 saturated carbocycles. The van der Waals surface area contributed by atoms with Crippen LogP contribution in [0, 0.1) is 5.92 Å². The van der Waals surface area contributed by atoms with Crippen LogP contribution in [0.4, 0.5) is 0 Å². The largest absolute Gasteiger partial charge is 0.379 e. The molecule has 5 rings (SSSR count). The second-order valence-electron chi connectivity index (χ2n) is 9.18. The first-order chi connectivity index (χ1) is 14.7. The summed E-state index contributed by atoms with van der Waals surface area (Å²) >= 11 is 0. The first-order valence-electron chi connectivity index (χ1n) is 11.6. The van der Waals surface area contributed by atoms with E-state index < -0.39 is 0 Å². The van der Waals surface area contributed by atoms with Crippen LogP contribution in [-0.2, 0) is 4.74 Å². The molecule has 1 amide bonds. The maximum absolute atomic E-state index is 13.1. The summed E-state index contributed by atoms with van der Waals surface area (Å²) in [6.45, 7) is 7.73. The Morgan fingerprint density at radius 2 is 1.80 bits per heavy atom. The fourth-order valence-electron chi connectivity index (χ4n) is 5.54. The summed E-state index contributed by atoms with van der Waals surface area (Å²) < 4.78 is 7.69. The Morgan fingerprint density at radius 1 is 1.07 bits per heavy atom. The highest BCUT2D eigenvalue weighted by atomic mass is 16.5. The number of imidazole rings is 1. The molecule has 4 heterocycles. The Balaban J connectivity index is 1.22. The molecule has 0 N–H and O–H groups in total. The smallest absolute Gasteiger partial charge is 0.255 e. The molecule has 2 aliphatic heterocycles. The Kier molecular flexibility index (Phi) is 5.74. The summed E-state index contributed by atoms with van der Waals surface area (Å²) in [5.74, 6) is 0.743. The number of aromatic nitrogens is 3. The van der Waals surface area contributed by atoms with E-state index in [-0.39, 0.29) is 5.91 Å². The van der Waals surface area contributed by atoms with Gasteiger partial charge >= 0.3 is 0 Å². The van der Waals surface area contributed by atoms with E-state index in [4.69, 9.17) is 4.74 Å². The summed E-state index contributed by atoms with van der Waals surface area (Å²) in [5.41, 5.74) is 2.42. The van der Waals surface area contributed by atoms with E-state index >= 15 is 0 Å². The van der Waals surface area contributed by atoms with Crippen LogP contribution in [0.1, 0.15) is 61.8 Å². The van der Waals surface area contributed by atoms with E-state index in [0.717, 1.165) is 63.4 Å². The quantitative estimate of drug-likeness (QED) is 0.774. The zero-order valence-corrected chi connectivity index (χ0v) is 18.0. The fourth-order valence-corrected chi connectivity index (χ4v) is 5.54. The van der Waals surface area contributed by atoms with Gasteiger partial charge in [-0.05, 0) is 44.6 Å². The summed E-state index contributed by atoms with van der Waals surface area (Å²) in [7, 11) is 0. The molecule has 2 aromatic rings. The molecule has 1 unspecified atom stereocenters. The van der Waals surface area contributed by atoms with Crippen molar-refractivity contribution in [1.29, 1.82) is 0 Å². The van der Waals surface area contributed by atoms with Gasteiger partial charge in [-0.25, -0.2) is 9.97 Å². The van der Waals surface area contributed by atoms with Crippen molar-refractivity contribution in [2.45, 2.75) is 57.5 Å². The van der Waals surface area contributed by atoms with Crippen molar-refractivity contribution in [3.8, 4) is 0 Å². The Hall–Kier alpha value is -1.99. The highest BCUT2D eigenvalue weighted by molar-refractivity contribution is 5.96. The number of hydrogen-bond acceptors (Lipinski definition) is 5. The molecule has 0 bridgehead atoms. The molecule has 0 spiro atoms. The Morgan fingerprint density at radius 3 is 2.53 bits per heavy atom. The number of fused-ring (bicyclic) bond motifs is 1. The minimum absolute atomic E-state index is 0.0947. The summed E-state index contributed by atoms with van der Waals surface area (Å²) in [6.07, 6.45) is 10.7. The molecule has 3 fully saturated rings. The van der Waals surface area contributed by atoms with Crippen molar-refractivity contribution in [3.05, 3.63) is 24.2 Å². The van der Waals surface area contributed by atoms with Gasteiger partial charge in [-0.2, -0.15) is 0 Å². The number of nitrogens with zero attached hydrogens (tertiary/aromatic N) is 5. The highest BCUT2D eigenvalue weighted by Gasteiger charge is 2.30. The molecule has 7 nitrogen and oxygen atoms in total. The monoisotopic (exact) mass is 411 g/mol. The lowest BCUT2D eigenvalue weighted by Gasteiger charge is -2.41. The van der Waals surface area contributed by atoms with E-state index in [9.17, 15) is 4.79 Å². The van der Waals surface area contributed by atoms with Crippen molar-refractivity contribution in [2.24, 2.45) is 5.92 Å². The summed E-state index contributed by atoms with van der Waals surface area (Å²) in [5, 5.41) is 0. The van der Waals surface area contributed by atoms with Gasteiger partial charge in [0.2, 0.25) is 0 Å². The lowest BCUT2D eigenvalue weighted by molar-refractivity contribution is -0.000952. The van der Waals surface area contributed by atoms with E-state index in [1.54, 1.807) is 6.20 Å².